The summed E-state index contributed by atoms with van der Waals surface area (Å²) >= 11 is 0. The van der Waals surface area contributed by atoms with Gasteiger partial charge in [0.05, 0.1) is 0 Å². The molecule has 122 valence electrons. The largest absolute Gasteiger partial charge is 0.388 e. The molecule has 0 heterocycles. The molecule has 0 bridgehead atoms. The zero-order valence-corrected chi connectivity index (χ0v) is 14.2. The smallest absolute Gasteiger partial charge is 0.0347 e. The molecule has 3 N–H and O–H groups in total. The summed E-state index contributed by atoms with van der Waals surface area (Å²) in [5, 5.41) is 3.17. The van der Waals surface area contributed by atoms with Gasteiger partial charge in [0, 0.05) is 18.3 Å². The van der Waals surface area contributed by atoms with Gasteiger partial charge >= 0.3 is 0 Å². The van der Waals surface area contributed by atoms with E-state index in [1.54, 1.807) is 0 Å². The van der Waals surface area contributed by atoms with Crippen LogP contribution in [0.4, 0.5) is 0 Å². The minimum atomic E-state index is 0.831. The van der Waals surface area contributed by atoms with Crippen molar-refractivity contribution in [2.45, 2.75) is 51.4 Å². The first-order chi connectivity index (χ1) is 10.7. The summed E-state index contributed by atoms with van der Waals surface area (Å²) < 4.78 is 0. The predicted molar refractivity (Wildman–Crippen MR) is 99.7 cm³/mol. The maximum Gasteiger partial charge on any atom is 0.0347 e. The molecular weight excluding hydrogens is 268 g/mol. The topological polar surface area (TPSA) is 38.0 Å². The highest BCUT2D eigenvalue weighted by Crippen LogP contribution is 2.24. The zero-order chi connectivity index (χ0) is 16.2. The second-order valence-electron chi connectivity index (χ2n) is 5.83. The monoisotopic (exact) mass is 300 g/mol. The van der Waals surface area contributed by atoms with Crippen LogP contribution in [0.5, 0.6) is 0 Å². The van der Waals surface area contributed by atoms with Gasteiger partial charge in [0.25, 0.3) is 0 Å². The lowest BCUT2D eigenvalue weighted by Crippen LogP contribution is -2.07. The highest BCUT2D eigenvalue weighted by Gasteiger charge is 2.08. The van der Waals surface area contributed by atoms with Crippen molar-refractivity contribution in [2.75, 3.05) is 13.6 Å². The molecule has 0 aromatic heterocycles. The summed E-state index contributed by atoms with van der Waals surface area (Å²) in [7, 11) is 1.92. The molecule has 0 radical (unpaired) electrons. The first kappa shape index (κ1) is 18.5. The maximum atomic E-state index is 5.51. The highest BCUT2D eigenvalue weighted by molar-refractivity contribution is 5.74. The number of nitrogens with two attached hydrogens (primary N) is 1. The van der Waals surface area contributed by atoms with E-state index in [1.807, 2.05) is 13.1 Å². The van der Waals surface area contributed by atoms with Crippen LogP contribution in [0, 0.1) is 0 Å². The maximum absolute atomic E-state index is 5.51. The summed E-state index contributed by atoms with van der Waals surface area (Å²) in [5.41, 5.74) is 10.3. The van der Waals surface area contributed by atoms with Crippen LogP contribution in [-0.4, -0.2) is 13.6 Å². The molecule has 0 amide bonds. The van der Waals surface area contributed by atoms with Crippen molar-refractivity contribution in [1.82, 2.24) is 5.32 Å². The van der Waals surface area contributed by atoms with Crippen molar-refractivity contribution in [2.24, 2.45) is 5.73 Å². The first-order valence-corrected chi connectivity index (χ1v) is 8.56. The van der Waals surface area contributed by atoms with Gasteiger partial charge in [-0.15, -0.1) is 0 Å². The van der Waals surface area contributed by atoms with Crippen LogP contribution in [0.2, 0.25) is 0 Å². The second kappa shape index (κ2) is 11.1. The van der Waals surface area contributed by atoms with Gasteiger partial charge in [-0.05, 0) is 36.9 Å². The fraction of sp³-hybridized carbons (Fsp3) is 0.500. The van der Waals surface area contributed by atoms with Crippen LogP contribution in [-0.2, 0) is 6.42 Å². The van der Waals surface area contributed by atoms with E-state index >= 15 is 0 Å². The van der Waals surface area contributed by atoms with E-state index in [0.717, 1.165) is 18.7 Å². The Morgan fingerprint density at radius 1 is 1.09 bits per heavy atom. The molecular formula is C20H32N2. The van der Waals surface area contributed by atoms with E-state index in [9.17, 15) is 0 Å². The predicted octanol–water partition coefficient (Wildman–Crippen LogP) is 4.75. The molecule has 0 saturated carbocycles. The molecule has 2 heteroatoms. The molecule has 1 aromatic carbocycles. The average molecular weight is 300 g/mol. The van der Waals surface area contributed by atoms with E-state index in [-0.39, 0.29) is 0 Å². The van der Waals surface area contributed by atoms with Gasteiger partial charge in [0.2, 0.25) is 0 Å². The fourth-order valence-corrected chi connectivity index (χ4v) is 2.84. The van der Waals surface area contributed by atoms with E-state index in [2.05, 4.69) is 36.7 Å². The molecule has 0 spiro atoms. The van der Waals surface area contributed by atoms with E-state index in [1.165, 1.54) is 61.6 Å². The lowest BCUT2D eigenvalue weighted by molar-refractivity contribution is 0.582. The minimum absolute atomic E-state index is 0.831. The van der Waals surface area contributed by atoms with E-state index in [4.69, 9.17) is 5.73 Å². The van der Waals surface area contributed by atoms with Crippen molar-refractivity contribution in [3.05, 3.63) is 48.0 Å². The Bertz CT molecular complexity index is 463. The van der Waals surface area contributed by atoms with Crippen LogP contribution in [0.15, 0.2) is 31.4 Å². The number of unbranched alkanes of at least 4 members (excludes halogenated alkanes) is 6. The van der Waals surface area contributed by atoms with Crippen LogP contribution < -0.4 is 11.1 Å². The molecule has 0 aliphatic carbocycles. The minimum Gasteiger partial charge on any atom is -0.388 e. The summed E-state index contributed by atoms with van der Waals surface area (Å²) in [4.78, 5) is 0. The van der Waals surface area contributed by atoms with Crippen LogP contribution >= 0.6 is 0 Å². The van der Waals surface area contributed by atoms with Gasteiger partial charge < -0.3 is 11.1 Å². The van der Waals surface area contributed by atoms with Crippen molar-refractivity contribution in [1.29, 1.82) is 0 Å². The quantitative estimate of drug-likeness (QED) is 0.547. The molecule has 0 aliphatic heterocycles. The molecule has 0 fully saturated rings. The summed E-state index contributed by atoms with van der Waals surface area (Å²) in [6.45, 7) is 8.88. The van der Waals surface area contributed by atoms with Crippen molar-refractivity contribution >= 4 is 11.8 Å². The Morgan fingerprint density at radius 3 is 2.32 bits per heavy atom. The number of rotatable bonds is 12. The van der Waals surface area contributed by atoms with Gasteiger partial charge in [-0.2, -0.15) is 0 Å². The lowest BCUT2D eigenvalue weighted by Gasteiger charge is -2.15. The van der Waals surface area contributed by atoms with Gasteiger partial charge in [0.15, 0.2) is 0 Å². The van der Waals surface area contributed by atoms with Crippen molar-refractivity contribution in [3.8, 4) is 0 Å². The summed E-state index contributed by atoms with van der Waals surface area (Å²) in [6.07, 6.45) is 12.0. The van der Waals surface area contributed by atoms with Crippen LogP contribution in [0.25, 0.3) is 11.8 Å². The second-order valence-corrected chi connectivity index (χ2v) is 5.83. The molecule has 0 saturated heterocycles. The number of aryl methyl sites for hydroxylation is 1. The van der Waals surface area contributed by atoms with E-state index < -0.39 is 0 Å². The molecule has 22 heavy (non-hydrogen) atoms. The summed E-state index contributed by atoms with van der Waals surface area (Å²) in [5.74, 6) is 0. The van der Waals surface area contributed by atoms with Gasteiger partial charge in [-0.1, -0.05) is 69.5 Å². The normalized spacial score (nSPS) is 10.5. The molecule has 2 nitrogen and oxygen atoms in total. The molecule has 0 atom stereocenters. The Balaban J connectivity index is 2.45. The van der Waals surface area contributed by atoms with Gasteiger partial charge in [-0.25, -0.2) is 0 Å². The third kappa shape index (κ3) is 6.07. The summed E-state index contributed by atoms with van der Waals surface area (Å²) in [6, 6.07) is 6.43. The Hall–Kier alpha value is -1.54. The number of hydrogen-bond acceptors (Lipinski definition) is 2. The van der Waals surface area contributed by atoms with Crippen LogP contribution in [0.3, 0.4) is 0 Å². The number of nitrogens with one attached hydrogen (secondary N) is 1. The van der Waals surface area contributed by atoms with Crippen LogP contribution in [0.1, 0.15) is 61.6 Å². The Morgan fingerprint density at radius 2 is 1.73 bits per heavy atom. The first-order valence-electron chi connectivity index (χ1n) is 8.56. The highest BCUT2D eigenvalue weighted by atomic mass is 14.8. The molecule has 0 unspecified atom stereocenters. The molecule has 0 aliphatic rings. The van der Waals surface area contributed by atoms with Crippen molar-refractivity contribution in [3.63, 3.8) is 0 Å². The molecule has 1 rings (SSSR count). The third-order valence-corrected chi connectivity index (χ3v) is 4.16. The lowest BCUT2D eigenvalue weighted by atomic mass is 9.94. The van der Waals surface area contributed by atoms with E-state index in [0.29, 0.717) is 0 Å². The Kier molecular flexibility index (Phi) is 9.33. The fourth-order valence-electron chi connectivity index (χ4n) is 2.84. The average Bonchev–Trinajstić information content (AvgIpc) is 2.56. The van der Waals surface area contributed by atoms with Gasteiger partial charge in [-0.3, -0.25) is 0 Å². The third-order valence-electron chi connectivity index (χ3n) is 4.16. The number of hydrogen-bond donors (Lipinski definition) is 2. The Labute approximate surface area is 136 Å². The van der Waals surface area contributed by atoms with Crippen molar-refractivity contribution < 1.29 is 0 Å². The molecule has 1 aromatic rings. The number of benzene rings is 1. The van der Waals surface area contributed by atoms with Gasteiger partial charge in [0.1, 0.15) is 0 Å². The zero-order valence-electron chi connectivity index (χ0n) is 14.2. The SMILES string of the molecule is C=Cc1cccc(CCCCCCCCCN)c1C(=C)NC. The standard InChI is InChI=1S/C20H32N2/c1-4-18-14-12-15-19(20(18)17(2)22-3)13-10-8-6-5-7-9-11-16-21/h4,12,14-15,22H,1-2,5-11,13,16,21H2,3H3.